The molecule has 18 heavy (non-hydrogen) atoms. The van der Waals surface area contributed by atoms with Gasteiger partial charge in [0.25, 0.3) is 11.5 Å². The van der Waals surface area contributed by atoms with Crippen molar-refractivity contribution < 1.29 is 4.79 Å². The molecule has 0 fully saturated rings. The second-order valence-corrected chi connectivity index (χ2v) is 4.80. The molecule has 0 bridgehead atoms. The van der Waals surface area contributed by atoms with E-state index in [1.54, 1.807) is 11.9 Å². The molecule has 96 valence electrons. The van der Waals surface area contributed by atoms with Crippen LogP contribution in [0.1, 0.15) is 24.3 Å². The molecule has 5 nitrogen and oxygen atoms in total. The van der Waals surface area contributed by atoms with E-state index in [9.17, 15) is 9.59 Å². The SMILES string of the molecule is CC(C)[C@H]1C=CCN1C(=O)c1ccc(=O)n(C)n1. The van der Waals surface area contributed by atoms with Crippen molar-refractivity contribution in [3.8, 4) is 0 Å². The van der Waals surface area contributed by atoms with Crippen LogP contribution in [0, 0.1) is 5.92 Å². The molecule has 0 saturated carbocycles. The van der Waals surface area contributed by atoms with Crippen molar-refractivity contribution in [1.82, 2.24) is 14.7 Å². The van der Waals surface area contributed by atoms with Crippen LogP contribution in [0.25, 0.3) is 0 Å². The fraction of sp³-hybridized carbons (Fsp3) is 0.462. The third-order valence-electron chi connectivity index (χ3n) is 3.12. The van der Waals surface area contributed by atoms with Gasteiger partial charge in [-0.3, -0.25) is 9.59 Å². The second-order valence-electron chi connectivity index (χ2n) is 4.80. The van der Waals surface area contributed by atoms with E-state index < -0.39 is 0 Å². The molecule has 0 N–H and O–H groups in total. The third kappa shape index (κ3) is 2.20. The van der Waals surface area contributed by atoms with Crippen LogP contribution in [-0.2, 0) is 7.05 Å². The highest BCUT2D eigenvalue weighted by Crippen LogP contribution is 2.19. The predicted molar refractivity (Wildman–Crippen MR) is 68.3 cm³/mol. The van der Waals surface area contributed by atoms with Gasteiger partial charge in [0.15, 0.2) is 0 Å². The van der Waals surface area contributed by atoms with Crippen LogP contribution in [0.2, 0.25) is 0 Å². The van der Waals surface area contributed by atoms with Gasteiger partial charge in [-0.25, -0.2) is 4.68 Å². The molecule has 1 aromatic heterocycles. The predicted octanol–water partition coefficient (Wildman–Crippen LogP) is 0.817. The van der Waals surface area contributed by atoms with Crippen molar-refractivity contribution in [2.45, 2.75) is 19.9 Å². The lowest BCUT2D eigenvalue weighted by Crippen LogP contribution is -2.40. The monoisotopic (exact) mass is 247 g/mol. The van der Waals surface area contributed by atoms with Crippen LogP contribution < -0.4 is 5.56 Å². The van der Waals surface area contributed by atoms with Gasteiger partial charge >= 0.3 is 0 Å². The summed E-state index contributed by atoms with van der Waals surface area (Å²) in [5, 5.41) is 4.00. The lowest BCUT2D eigenvalue weighted by molar-refractivity contribution is 0.0712. The maximum atomic E-state index is 12.3. The number of carbonyl (C=O) groups is 1. The molecular formula is C13H17N3O2. The zero-order valence-corrected chi connectivity index (χ0v) is 10.8. The van der Waals surface area contributed by atoms with Crippen LogP contribution in [0.4, 0.5) is 0 Å². The molecule has 0 spiro atoms. The standard InChI is InChI=1S/C13H17N3O2/c1-9(2)11-5-4-8-16(11)13(18)10-6-7-12(17)15(3)14-10/h4-7,9,11H,8H2,1-3H3/t11-/m1/s1. The van der Waals surface area contributed by atoms with E-state index in [-0.39, 0.29) is 17.5 Å². The fourth-order valence-corrected chi connectivity index (χ4v) is 2.10. The van der Waals surface area contributed by atoms with Gasteiger partial charge in [0.1, 0.15) is 5.69 Å². The Hall–Kier alpha value is -1.91. The lowest BCUT2D eigenvalue weighted by Gasteiger charge is -2.27. The van der Waals surface area contributed by atoms with Crippen LogP contribution >= 0.6 is 0 Å². The summed E-state index contributed by atoms with van der Waals surface area (Å²) in [6.45, 7) is 4.76. The molecule has 1 amide bonds. The molecule has 2 rings (SSSR count). The van der Waals surface area contributed by atoms with E-state index in [0.29, 0.717) is 18.2 Å². The normalized spacial score (nSPS) is 18.7. The molecule has 0 aromatic carbocycles. The Kier molecular flexibility index (Phi) is 3.32. The zero-order valence-electron chi connectivity index (χ0n) is 10.8. The first-order valence-corrected chi connectivity index (χ1v) is 6.02. The highest BCUT2D eigenvalue weighted by molar-refractivity contribution is 5.92. The average Bonchev–Trinajstić information content (AvgIpc) is 2.81. The molecule has 1 atom stereocenters. The first-order chi connectivity index (χ1) is 8.50. The minimum absolute atomic E-state index is 0.108. The van der Waals surface area contributed by atoms with Gasteiger partial charge in [-0.05, 0) is 12.0 Å². The first-order valence-electron chi connectivity index (χ1n) is 6.02. The smallest absolute Gasteiger partial charge is 0.275 e. The Bertz CT molecular complexity index is 545. The van der Waals surface area contributed by atoms with E-state index >= 15 is 0 Å². The number of hydrogen-bond donors (Lipinski definition) is 0. The Morgan fingerprint density at radius 1 is 1.44 bits per heavy atom. The summed E-state index contributed by atoms with van der Waals surface area (Å²) >= 11 is 0. The molecule has 0 unspecified atom stereocenters. The van der Waals surface area contributed by atoms with Crippen molar-refractivity contribution in [1.29, 1.82) is 0 Å². The van der Waals surface area contributed by atoms with Gasteiger partial charge in [-0.15, -0.1) is 0 Å². The molecule has 0 saturated heterocycles. The highest BCUT2D eigenvalue weighted by Gasteiger charge is 2.28. The van der Waals surface area contributed by atoms with E-state index in [0.717, 1.165) is 0 Å². The van der Waals surface area contributed by atoms with Gasteiger partial charge in [0.05, 0.1) is 6.04 Å². The van der Waals surface area contributed by atoms with Crippen LogP contribution in [-0.4, -0.2) is 33.2 Å². The molecular weight excluding hydrogens is 230 g/mol. The number of aryl methyl sites for hydroxylation is 1. The van der Waals surface area contributed by atoms with Gasteiger partial charge < -0.3 is 4.90 Å². The summed E-state index contributed by atoms with van der Waals surface area (Å²) in [6, 6.07) is 2.96. The topological polar surface area (TPSA) is 55.2 Å². The lowest BCUT2D eigenvalue weighted by atomic mass is 10.0. The molecule has 2 heterocycles. The number of aromatic nitrogens is 2. The van der Waals surface area contributed by atoms with E-state index in [4.69, 9.17) is 0 Å². The third-order valence-corrected chi connectivity index (χ3v) is 3.12. The van der Waals surface area contributed by atoms with Crippen molar-refractivity contribution in [3.05, 3.63) is 40.3 Å². The minimum Gasteiger partial charge on any atom is -0.327 e. The largest absolute Gasteiger partial charge is 0.327 e. The van der Waals surface area contributed by atoms with Gasteiger partial charge in [-0.1, -0.05) is 26.0 Å². The van der Waals surface area contributed by atoms with Crippen molar-refractivity contribution >= 4 is 5.91 Å². The summed E-state index contributed by atoms with van der Waals surface area (Å²) in [6.07, 6.45) is 4.04. The number of carbonyl (C=O) groups excluding carboxylic acids is 1. The Balaban J connectivity index is 2.26. The van der Waals surface area contributed by atoms with E-state index in [1.165, 1.54) is 16.8 Å². The molecule has 1 aromatic rings. The summed E-state index contributed by atoms with van der Waals surface area (Å²) in [4.78, 5) is 25.4. The molecule has 1 aliphatic rings. The summed E-state index contributed by atoms with van der Waals surface area (Å²) in [5.41, 5.74) is 0.0953. The van der Waals surface area contributed by atoms with Crippen LogP contribution in [0.3, 0.4) is 0 Å². The summed E-state index contributed by atoms with van der Waals surface area (Å²) in [7, 11) is 1.54. The first kappa shape index (κ1) is 12.5. The fourth-order valence-electron chi connectivity index (χ4n) is 2.10. The van der Waals surface area contributed by atoms with E-state index in [1.807, 2.05) is 12.2 Å². The van der Waals surface area contributed by atoms with E-state index in [2.05, 4.69) is 18.9 Å². The maximum Gasteiger partial charge on any atom is 0.275 e. The summed E-state index contributed by atoms with van der Waals surface area (Å²) in [5.74, 6) is 0.231. The average molecular weight is 247 g/mol. The highest BCUT2D eigenvalue weighted by atomic mass is 16.2. The Labute approximate surface area is 106 Å². The van der Waals surface area contributed by atoms with Crippen molar-refractivity contribution in [3.63, 3.8) is 0 Å². The number of amides is 1. The molecule has 1 aliphatic heterocycles. The quantitative estimate of drug-likeness (QED) is 0.727. The molecule has 0 radical (unpaired) electrons. The van der Waals surface area contributed by atoms with Gasteiger partial charge in [0, 0.05) is 19.7 Å². The Morgan fingerprint density at radius 2 is 2.17 bits per heavy atom. The van der Waals surface area contributed by atoms with Gasteiger partial charge in [-0.2, -0.15) is 5.10 Å². The van der Waals surface area contributed by atoms with Crippen LogP contribution in [0.5, 0.6) is 0 Å². The molecule has 0 aliphatic carbocycles. The number of nitrogens with zero attached hydrogens (tertiary/aromatic N) is 3. The van der Waals surface area contributed by atoms with Crippen molar-refractivity contribution in [2.24, 2.45) is 13.0 Å². The minimum atomic E-state index is -0.216. The number of rotatable bonds is 2. The van der Waals surface area contributed by atoms with Crippen molar-refractivity contribution in [2.75, 3.05) is 6.54 Å². The summed E-state index contributed by atoms with van der Waals surface area (Å²) < 4.78 is 1.18. The maximum absolute atomic E-state index is 12.3. The molecule has 5 heteroatoms. The van der Waals surface area contributed by atoms with Crippen LogP contribution in [0.15, 0.2) is 29.1 Å². The van der Waals surface area contributed by atoms with Gasteiger partial charge in [0.2, 0.25) is 0 Å². The number of hydrogen-bond acceptors (Lipinski definition) is 3. The zero-order chi connectivity index (χ0) is 13.3. The Morgan fingerprint density at radius 3 is 2.78 bits per heavy atom. The second kappa shape index (κ2) is 4.76.